The quantitative estimate of drug-likeness (QED) is 0.661. The minimum atomic E-state index is 0.640. The highest BCUT2D eigenvalue weighted by atomic mass is 32.2. The van der Waals surface area contributed by atoms with Crippen molar-refractivity contribution in [3.05, 3.63) is 0 Å². The van der Waals surface area contributed by atoms with E-state index in [2.05, 4.69) is 26.1 Å². The van der Waals surface area contributed by atoms with E-state index >= 15 is 0 Å². The van der Waals surface area contributed by atoms with E-state index in [1.165, 1.54) is 6.42 Å². The van der Waals surface area contributed by atoms with Gasteiger partial charge in [0.2, 0.25) is 0 Å². The Balaban J connectivity index is 2.35. The summed E-state index contributed by atoms with van der Waals surface area (Å²) in [6, 6.07) is 0. The van der Waals surface area contributed by atoms with E-state index in [1.807, 2.05) is 23.5 Å². The number of nitrogens with one attached hydrogen (secondary N) is 1. The molecule has 0 saturated carbocycles. The molecule has 2 unspecified atom stereocenters. The third-order valence-electron chi connectivity index (χ3n) is 1.51. The Labute approximate surface area is 71.7 Å². The third-order valence-corrected chi connectivity index (χ3v) is 4.54. The first-order valence-electron chi connectivity index (χ1n) is 3.79. The maximum atomic E-state index is 3.47. The van der Waals surface area contributed by atoms with E-state index in [-0.39, 0.29) is 0 Å². The lowest BCUT2D eigenvalue weighted by atomic mass is 10.6. The van der Waals surface area contributed by atoms with Crippen LogP contribution in [0.4, 0.5) is 0 Å². The van der Waals surface area contributed by atoms with Crippen LogP contribution >= 0.6 is 23.5 Å². The lowest BCUT2D eigenvalue weighted by Gasteiger charge is -2.31. The van der Waals surface area contributed by atoms with Crippen LogP contribution in [0.3, 0.4) is 0 Å². The van der Waals surface area contributed by atoms with E-state index in [0.29, 0.717) is 10.7 Å². The van der Waals surface area contributed by atoms with Crippen LogP contribution in [0.5, 0.6) is 0 Å². The molecular formula is C7H15NS2. The molecule has 1 heterocycles. The van der Waals surface area contributed by atoms with E-state index < -0.39 is 0 Å². The van der Waals surface area contributed by atoms with Gasteiger partial charge in [-0.3, -0.25) is 5.32 Å². The summed E-state index contributed by atoms with van der Waals surface area (Å²) >= 11 is 4.08. The zero-order chi connectivity index (χ0) is 7.56. The number of rotatable bonds is 1. The van der Waals surface area contributed by atoms with Crippen LogP contribution in [-0.4, -0.2) is 15.3 Å². The van der Waals surface area contributed by atoms with E-state index in [0.717, 1.165) is 4.58 Å². The largest absolute Gasteiger partial charge is 0.294 e. The fourth-order valence-corrected chi connectivity index (χ4v) is 4.29. The van der Waals surface area contributed by atoms with E-state index in [9.17, 15) is 0 Å². The molecule has 60 valence electrons. The number of hydrogen-bond donors (Lipinski definition) is 1. The summed E-state index contributed by atoms with van der Waals surface area (Å²) in [7, 11) is 0. The Morgan fingerprint density at radius 2 is 1.70 bits per heavy atom. The SMILES string of the molecule is CCC1SC(C)NC(C)S1. The van der Waals surface area contributed by atoms with Crippen molar-refractivity contribution in [2.45, 2.75) is 42.5 Å². The van der Waals surface area contributed by atoms with Crippen molar-refractivity contribution in [2.75, 3.05) is 0 Å². The molecule has 1 nitrogen and oxygen atoms in total. The van der Waals surface area contributed by atoms with Crippen molar-refractivity contribution in [3.63, 3.8) is 0 Å². The summed E-state index contributed by atoms with van der Waals surface area (Å²) in [6.07, 6.45) is 1.28. The minimum Gasteiger partial charge on any atom is -0.294 e. The molecule has 1 fully saturated rings. The minimum absolute atomic E-state index is 0.640. The highest BCUT2D eigenvalue weighted by Gasteiger charge is 2.22. The molecule has 1 N–H and O–H groups in total. The van der Waals surface area contributed by atoms with Gasteiger partial charge in [0.15, 0.2) is 0 Å². The molecule has 0 aliphatic carbocycles. The molecule has 0 aromatic rings. The third kappa shape index (κ3) is 2.36. The molecule has 0 radical (unpaired) electrons. The molecule has 0 spiro atoms. The normalized spacial score (nSPS) is 41.7. The van der Waals surface area contributed by atoms with Crippen LogP contribution in [-0.2, 0) is 0 Å². The summed E-state index contributed by atoms with van der Waals surface area (Å²) in [5.41, 5.74) is 0. The molecule has 2 atom stereocenters. The standard InChI is InChI=1S/C7H15NS2/c1-4-7-9-5(2)8-6(3)10-7/h5-8H,4H2,1-3H3. The number of thioether (sulfide) groups is 2. The lowest BCUT2D eigenvalue weighted by molar-refractivity contribution is 0.670. The molecule has 0 amide bonds. The van der Waals surface area contributed by atoms with Gasteiger partial charge in [-0.2, -0.15) is 0 Å². The van der Waals surface area contributed by atoms with Crippen LogP contribution in [0.1, 0.15) is 27.2 Å². The second kappa shape index (κ2) is 3.88. The Kier molecular flexibility index (Phi) is 3.40. The topological polar surface area (TPSA) is 12.0 Å². The van der Waals surface area contributed by atoms with Crippen molar-refractivity contribution >= 4 is 23.5 Å². The second-order valence-corrected chi connectivity index (χ2v) is 5.96. The first kappa shape index (κ1) is 8.75. The van der Waals surface area contributed by atoms with Gasteiger partial charge in [-0.1, -0.05) is 6.92 Å². The summed E-state index contributed by atoms with van der Waals surface area (Å²) in [4.78, 5) is 0. The summed E-state index contributed by atoms with van der Waals surface area (Å²) in [6.45, 7) is 6.74. The predicted molar refractivity (Wildman–Crippen MR) is 51.3 cm³/mol. The monoisotopic (exact) mass is 177 g/mol. The molecule has 1 rings (SSSR count). The predicted octanol–water partition coefficient (Wildman–Crippen LogP) is 2.48. The van der Waals surface area contributed by atoms with Crippen molar-refractivity contribution < 1.29 is 0 Å². The Bertz CT molecular complexity index is 97.8. The number of hydrogen-bond acceptors (Lipinski definition) is 3. The molecule has 1 saturated heterocycles. The van der Waals surface area contributed by atoms with Gasteiger partial charge in [0.25, 0.3) is 0 Å². The molecular weight excluding hydrogens is 162 g/mol. The van der Waals surface area contributed by atoms with Crippen LogP contribution < -0.4 is 5.32 Å². The molecule has 0 aromatic heterocycles. The molecule has 1 aliphatic rings. The van der Waals surface area contributed by atoms with Crippen molar-refractivity contribution in [1.82, 2.24) is 5.32 Å². The van der Waals surface area contributed by atoms with Gasteiger partial charge in [-0.15, -0.1) is 23.5 Å². The Hall–Kier alpha value is 0.660. The van der Waals surface area contributed by atoms with Crippen molar-refractivity contribution in [1.29, 1.82) is 0 Å². The van der Waals surface area contributed by atoms with Gasteiger partial charge < -0.3 is 0 Å². The highest BCUT2D eigenvalue weighted by molar-refractivity contribution is 8.18. The Morgan fingerprint density at radius 1 is 1.20 bits per heavy atom. The van der Waals surface area contributed by atoms with Crippen molar-refractivity contribution in [3.8, 4) is 0 Å². The average molecular weight is 177 g/mol. The molecule has 10 heavy (non-hydrogen) atoms. The molecule has 0 bridgehead atoms. The van der Waals surface area contributed by atoms with Gasteiger partial charge >= 0.3 is 0 Å². The molecule has 3 heteroatoms. The summed E-state index contributed by atoms with van der Waals surface area (Å²) in [5, 5.41) is 4.75. The fraction of sp³-hybridized carbons (Fsp3) is 1.00. The first-order chi connectivity index (χ1) is 4.72. The van der Waals surface area contributed by atoms with Crippen molar-refractivity contribution in [2.24, 2.45) is 0 Å². The smallest absolute Gasteiger partial charge is 0.0531 e. The van der Waals surface area contributed by atoms with Crippen LogP contribution in [0.15, 0.2) is 0 Å². The zero-order valence-corrected chi connectivity index (χ0v) is 8.39. The van der Waals surface area contributed by atoms with Gasteiger partial charge in [0, 0.05) is 0 Å². The lowest BCUT2D eigenvalue weighted by Crippen LogP contribution is -2.36. The fourth-order valence-electron chi connectivity index (χ4n) is 1.09. The maximum absolute atomic E-state index is 3.47. The zero-order valence-electron chi connectivity index (χ0n) is 6.76. The van der Waals surface area contributed by atoms with Crippen LogP contribution in [0.25, 0.3) is 0 Å². The van der Waals surface area contributed by atoms with Gasteiger partial charge in [-0.05, 0) is 20.3 Å². The Morgan fingerprint density at radius 3 is 2.10 bits per heavy atom. The summed E-state index contributed by atoms with van der Waals surface area (Å²) < 4.78 is 0.811. The van der Waals surface area contributed by atoms with Crippen LogP contribution in [0, 0.1) is 0 Å². The second-order valence-electron chi connectivity index (χ2n) is 2.56. The van der Waals surface area contributed by atoms with E-state index in [1.54, 1.807) is 0 Å². The molecule has 1 aliphatic heterocycles. The van der Waals surface area contributed by atoms with E-state index in [4.69, 9.17) is 0 Å². The average Bonchev–Trinajstić information content (AvgIpc) is 1.85. The van der Waals surface area contributed by atoms with Gasteiger partial charge in [0.1, 0.15) is 0 Å². The summed E-state index contributed by atoms with van der Waals surface area (Å²) in [5.74, 6) is 0. The van der Waals surface area contributed by atoms with Gasteiger partial charge in [0.05, 0.1) is 15.3 Å². The van der Waals surface area contributed by atoms with Crippen LogP contribution in [0.2, 0.25) is 0 Å². The first-order valence-corrected chi connectivity index (χ1v) is 5.68. The maximum Gasteiger partial charge on any atom is 0.0531 e. The molecule has 0 aromatic carbocycles. The highest BCUT2D eigenvalue weighted by Crippen LogP contribution is 2.35. The van der Waals surface area contributed by atoms with Gasteiger partial charge in [-0.25, -0.2) is 0 Å².